The average Bonchev–Trinajstić information content (AvgIpc) is 3.29. The number of carbonyl (C=O) groups excluding carboxylic acids is 1. The van der Waals surface area contributed by atoms with E-state index in [-0.39, 0.29) is 6.04 Å². The summed E-state index contributed by atoms with van der Waals surface area (Å²) in [6.45, 7) is 0. The van der Waals surface area contributed by atoms with E-state index in [1.807, 2.05) is 0 Å². The summed E-state index contributed by atoms with van der Waals surface area (Å²) in [6.07, 6.45) is 4.08. The smallest absolute Gasteiger partial charge is 0.308 e. The van der Waals surface area contributed by atoms with Gasteiger partial charge in [-0.05, 0) is 43.6 Å². The van der Waals surface area contributed by atoms with E-state index in [0.717, 1.165) is 25.7 Å². The first-order chi connectivity index (χ1) is 9.97. The number of nitrogens with one attached hydrogen (secondary N) is 1. The molecule has 2 saturated carbocycles. The fourth-order valence-electron chi connectivity index (χ4n) is 2.63. The molecule has 0 unspecified atom stereocenters. The van der Waals surface area contributed by atoms with Crippen molar-refractivity contribution >= 4 is 11.6 Å². The topological polar surface area (TPSA) is 72.2 Å². The van der Waals surface area contributed by atoms with Crippen molar-refractivity contribution in [3.05, 3.63) is 39.4 Å². The monoisotopic (exact) mass is 296 g/mol. The summed E-state index contributed by atoms with van der Waals surface area (Å²) < 4.78 is 27.3. The van der Waals surface area contributed by atoms with Crippen LogP contribution in [0.5, 0.6) is 0 Å². The molecule has 2 aliphatic carbocycles. The van der Waals surface area contributed by atoms with Gasteiger partial charge in [0, 0.05) is 6.04 Å². The van der Waals surface area contributed by atoms with Gasteiger partial charge in [-0.3, -0.25) is 14.9 Å². The largest absolute Gasteiger partial charge is 0.349 e. The Morgan fingerprint density at radius 3 is 2.29 bits per heavy atom. The van der Waals surface area contributed by atoms with E-state index < -0.39 is 33.7 Å². The Balaban J connectivity index is 1.85. The molecular weight excluding hydrogens is 282 g/mol. The highest BCUT2D eigenvalue weighted by Gasteiger charge is 2.42. The van der Waals surface area contributed by atoms with Crippen LogP contribution in [0.15, 0.2) is 12.1 Å². The van der Waals surface area contributed by atoms with Gasteiger partial charge in [-0.15, -0.1) is 0 Å². The minimum atomic E-state index is -1.29. The highest BCUT2D eigenvalue weighted by Crippen LogP contribution is 2.44. The molecule has 1 aromatic carbocycles. The molecule has 1 N–H and O–H groups in total. The van der Waals surface area contributed by atoms with Crippen molar-refractivity contribution in [2.45, 2.75) is 31.7 Å². The number of benzene rings is 1. The van der Waals surface area contributed by atoms with E-state index in [0.29, 0.717) is 24.0 Å². The maximum Gasteiger partial charge on any atom is 0.308 e. The van der Waals surface area contributed by atoms with E-state index in [9.17, 15) is 23.7 Å². The van der Waals surface area contributed by atoms with Crippen molar-refractivity contribution in [1.29, 1.82) is 0 Å². The number of hydrogen-bond acceptors (Lipinski definition) is 3. The van der Waals surface area contributed by atoms with Crippen LogP contribution in [0.2, 0.25) is 0 Å². The number of hydrogen-bond donors (Lipinski definition) is 1. The van der Waals surface area contributed by atoms with Gasteiger partial charge in [-0.25, -0.2) is 4.39 Å². The number of nitrogens with zero attached hydrogens (tertiary/aromatic N) is 1. The molecule has 2 aliphatic rings. The molecule has 0 heterocycles. The molecule has 1 aromatic rings. The van der Waals surface area contributed by atoms with Crippen molar-refractivity contribution in [2.24, 2.45) is 11.8 Å². The minimum absolute atomic E-state index is 0.0285. The first-order valence-corrected chi connectivity index (χ1v) is 6.91. The molecule has 2 fully saturated rings. The summed E-state index contributed by atoms with van der Waals surface area (Å²) in [4.78, 5) is 21.8. The van der Waals surface area contributed by atoms with Crippen molar-refractivity contribution < 1.29 is 18.5 Å². The van der Waals surface area contributed by atoms with Crippen molar-refractivity contribution in [3.63, 3.8) is 0 Å². The molecule has 21 heavy (non-hydrogen) atoms. The zero-order chi connectivity index (χ0) is 15.1. The van der Waals surface area contributed by atoms with E-state index in [1.54, 1.807) is 0 Å². The second-order valence-electron chi connectivity index (χ2n) is 5.72. The van der Waals surface area contributed by atoms with E-state index in [1.165, 1.54) is 0 Å². The normalized spacial score (nSPS) is 17.9. The Bertz CT molecular complexity index is 600. The molecule has 1 amide bonds. The van der Waals surface area contributed by atoms with Gasteiger partial charge < -0.3 is 5.32 Å². The third-order valence-electron chi connectivity index (χ3n) is 4.02. The lowest BCUT2D eigenvalue weighted by Gasteiger charge is -2.17. The van der Waals surface area contributed by atoms with Gasteiger partial charge >= 0.3 is 5.69 Å². The van der Waals surface area contributed by atoms with Gasteiger partial charge in [-0.2, -0.15) is 4.39 Å². The zero-order valence-electron chi connectivity index (χ0n) is 11.1. The maximum atomic E-state index is 14.0. The molecule has 0 saturated heterocycles. The third-order valence-corrected chi connectivity index (χ3v) is 4.02. The molecule has 0 radical (unpaired) electrons. The van der Waals surface area contributed by atoms with Crippen molar-refractivity contribution in [1.82, 2.24) is 5.32 Å². The zero-order valence-corrected chi connectivity index (χ0v) is 11.1. The molecule has 0 bridgehead atoms. The van der Waals surface area contributed by atoms with Gasteiger partial charge in [0.05, 0.1) is 16.6 Å². The van der Waals surface area contributed by atoms with Crippen LogP contribution in [-0.4, -0.2) is 16.9 Å². The van der Waals surface area contributed by atoms with Gasteiger partial charge in [0.1, 0.15) is 5.82 Å². The number of rotatable bonds is 5. The van der Waals surface area contributed by atoms with Crippen LogP contribution in [-0.2, 0) is 0 Å². The van der Waals surface area contributed by atoms with Gasteiger partial charge in [0.2, 0.25) is 5.82 Å². The predicted molar refractivity (Wildman–Crippen MR) is 69.7 cm³/mol. The van der Waals surface area contributed by atoms with Crippen LogP contribution < -0.4 is 5.32 Å². The lowest BCUT2D eigenvalue weighted by Crippen LogP contribution is -2.38. The lowest BCUT2D eigenvalue weighted by atomic mass is 10.1. The summed E-state index contributed by atoms with van der Waals surface area (Å²) in [5, 5.41) is 13.4. The second-order valence-corrected chi connectivity index (χ2v) is 5.72. The molecule has 0 atom stereocenters. The second kappa shape index (κ2) is 5.05. The Hall–Kier alpha value is -2.05. The standard InChI is InChI=1S/C14H14F2N2O3/c15-9-5-10(12(16)11(6-9)18(20)21)14(19)17-13(7-1-2-7)8-3-4-8/h5-8,13H,1-4H2,(H,17,19). The first-order valence-electron chi connectivity index (χ1n) is 6.91. The number of amides is 1. The number of nitro groups is 1. The van der Waals surface area contributed by atoms with Crippen LogP contribution in [0.1, 0.15) is 36.0 Å². The van der Waals surface area contributed by atoms with Gasteiger partial charge in [0.15, 0.2) is 0 Å². The fraction of sp³-hybridized carbons (Fsp3) is 0.500. The first kappa shape index (κ1) is 13.9. The SMILES string of the molecule is O=C(NC(C1CC1)C1CC1)c1cc(F)cc([N+](=O)[O-])c1F. The highest BCUT2D eigenvalue weighted by atomic mass is 19.1. The number of nitro benzene ring substituents is 1. The van der Waals surface area contributed by atoms with E-state index >= 15 is 0 Å². The van der Waals surface area contributed by atoms with Crippen molar-refractivity contribution in [3.8, 4) is 0 Å². The molecule has 5 nitrogen and oxygen atoms in total. The molecule has 0 aromatic heterocycles. The molecule has 7 heteroatoms. The quantitative estimate of drug-likeness (QED) is 0.670. The average molecular weight is 296 g/mol. The summed E-state index contributed by atoms with van der Waals surface area (Å²) in [7, 11) is 0. The summed E-state index contributed by atoms with van der Waals surface area (Å²) >= 11 is 0. The molecular formula is C14H14F2N2O3. The molecule has 112 valence electrons. The van der Waals surface area contributed by atoms with Crippen LogP contribution >= 0.6 is 0 Å². The predicted octanol–water partition coefficient (Wildman–Crippen LogP) is 2.79. The molecule has 0 spiro atoms. The van der Waals surface area contributed by atoms with Gasteiger partial charge in [0.25, 0.3) is 5.91 Å². The summed E-state index contributed by atoms with van der Waals surface area (Å²) in [6, 6.07) is 1.15. The Kier molecular flexibility index (Phi) is 3.35. The fourth-order valence-corrected chi connectivity index (χ4v) is 2.63. The minimum Gasteiger partial charge on any atom is -0.349 e. The Morgan fingerprint density at radius 1 is 1.24 bits per heavy atom. The highest BCUT2D eigenvalue weighted by molar-refractivity contribution is 5.95. The molecule has 0 aliphatic heterocycles. The third kappa shape index (κ3) is 2.86. The van der Waals surface area contributed by atoms with Crippen molar-refractivity contribution in [2.75, 3.05) is 0 Å². The number of halogens is 2. The Morgan fingerprint density at radius 2 is 1.81 bits per heavy atom. The van der Waals surface area contributed by atoms with Crippen LogP contribution in [0.3, 0.4) is 0 Å². The summed E-state index contributed by atoms with van der Waals surface area (Å²) in [5.74, 6) is -2.27. The number of carbonyl (C=O) groups is 1. The maximum absolute atomic E-state index is 14.0. The van der Waals surface area contributed by atoms with E-state index in [4.69, 9.17) is 0 Å². The van der Waals surface area contributed by atoms with Crippen LogP contribution in [0.4, 0.5) is 14.5 Å². The van der Waals surface area contributed by atoms with Gasteiger partial charge in [-0.1, -0.05) is 0 Å². The Labute approximate surface area is 119 Å². The van der Waals surface area contributed by atoms with E-state index in [2.05, 4.69) is 5.32 Å². The molecule has 3 rings (SSSR count). The lowest BCUT2D eigenvalue weighted by molar-refractivity contribution is -0.387. The van der Waals surface area contributed by atoms with Crippen LogP contribution in [0, 0.1) is 33.6 Å². The van der Waals surface area contributed by atoms with Crippen LogP contribution in [0.25, 0.3) is 0 Å². The summed E-state index contributed by atoms with van der Waals surface area (Å²) in [5.41, 5.74) is -1.62.